The predicted molar refractivity (Wildman–Crippen MR) is 70.9 cm³/mol. The van der Waals surface area contributed by atoms with E-state index in [9.17, 15) is 9.59 Å². The Labute approximate surface area is 113 Å². The molecule has 2 aliphatic rings. The van der Waals surface area contributed by atoms with Gasteiger partial charge in [0, 0.05) is 25.7 Å². The molecule has 1 atom stereocenters. The van der Waals surface area contributed by atoms with Gasteiger partial charge in [-0.1, -0.05) is 0 Å². The van der Waals surface area contributed by atoms with Gasteiger partial charge in [0.1, 0.15) is 0 Å². The van der Waals surface area contributed by atoms with Gasteiger partial charge in [-0.25, -0.2) is 0 Å². The van der Waals surface area contributed by atoms with Crippen LogP contribution < -0.4 is 5.32 Å². The predicted octanol–water partition coefficient (Wildman–Crippen LogP) is -0.253. The van der Waals surface area contributed by atoms with Gasteiger partial charge in [-0.3, -0.25) is 14.5 Å². The van der Waals surface area contributed by atoms with E-state index in [-0.39, 0.29) is 18.4 Å². The Morgan fingerprint density at radius 3 is 2.79 bits per heavy atom. The second kappa shape index (κ2) is 6.86. The van der Waals surface area contributed by atoms with Crippen molar-refractivity contribution in [2.75, 3.05) is 39.3 Å². The van der Waals surface area contributed by atoms with Crippen LogP contribution in [0.25, 0.3) is 0 Å². The average Bonchev–Trinajstić information content (AvgIpc) is 2.65. The number of amides is 1. The first kappa shape index (κ1) is 14.3. The topological polar surface area (TPSA) is 72.9 Å². The summed E-state index contributed by atoms with van der Waals surface area (Å²) in [6.45, 7) is 4.90. The summed E-state index contributed by atoms with van der Waals surface area (Å²) in [5.74, 6) is -0.727. The lowest BCUT2D eigenvalue weighted by Gasteiger charge is -2.27. The van der Waals surface area contributed by atoms with E-state index in [1.165, 1.54) is 0 Å². The van der Waals surface area contributed by atoms with Crippen LogP contribution in [0.3, 0.4) is 0 Å². The standard InChI is InChI=1S/C13H23N3O3/c17-12(10-15-6-2-4-14-5-8-15)16-7-1-3-11(16)9-13(18)19/h11,14H,1-10H2,(H,18,19). The third kappa shape index (κ3) is 4.18. The first-order valence-corrected chi connectivity index (χ1v) is 7.11. The fourth-order valence-electron chi connectivity index (χ4n) is 2.92. The highest BCUT2D eigenvalue weighted by Gasteiger charge is 2.30. The molecule has 2 heterocycles. The van der Waals surface area contributed by atoms with Crippen LogP contribution in [0.15, 0.2) is 0 Å². The van der Waals surface area contributed by atoms with E-state index in [0.29, 0.717) is 13.1 Å². The minimum Gasteiger partial charge on any atom is -0.481 e. The Morgan fingerprint density at radius 1 is 1.16 bits per heavy atom. The highest BCUT2D eigenvalue weighted by Crippen LogP contribution is 2.20. The Kier molecular flexibility index (Phi) is 5.15. The molecule has 2 fully saturated rings. The number of nitrogens with zero attached hydrogens (tertiary/aromatic N) is 2. The molecule has 2 rings (SSSR count). The van der Waals surface area contributed by atoms with Crippen molar-refractivity contribution in [3.05, 3.63) is 0 Å². The monoisotopic (exact) mass is 269 g/mol. The van der Waals surface area contributed by atoms with Crippen LogP contribution in [0, 0.1) is 0 Å². The molecule has 0 spiro atoms. The van der Waals surface area contributed by atoms with Gasteiger partial charge in [-0.2, -0.15) is 0 Å². The molecule has 2 N–H and O–H groups in total. The lowest BCUT2D eigenvalue weighted by Crippen LogP contribution is -2.44. The number of aliphatic carboxylic acids is 1. The quantitative estimate of drug-likeness (QED) is 0.736. The van der Waals surface area contributed by atoms with Crippen molar-refractivity contribution in [1.82, 2.24) is 15.1 Å². The molecule has 6 nitrogen and oxygen atoms in total. The van der Waals surface area contributed by atoms with Gasteiger partial charge in [0.2, 0.25) is 5.91 Å². The van der Waals surface area contributed by atoms with E-state index in [1.54, 1.807) is 4.90 Å². The van der Waals surface area contributed by atoms with Crippen molar-refractivity contribution in [3.8, 4) is 0 Å². The van der Waals surface area contributed by atoms with E-state index in [4.69, 9.17) is 5.11 Å². The number of hydrogen-bond donors (Lipinski definition) is 2. The minimum absolute atomic E-state index is 0.0767. The maximum Gasteiger partial charge on any atom is 0.305 e. The number of hydrogen-bond acceptors (Lipinski definition) is 4. The van der Waals surface area contributed by atoms with Crippen LogP contribution in [0.4, 0.5) is 0 Å². The Morgan fingerprint density at radius 2 is 2.00 bits per heavy atom. The van der Waals surface area contributed by atoms with E-state index >= 15 is 0 Å². The molecule has 6 heteroatoms. The van der Waals surface area contributed by atoms with Gasteiger partial charge < -0.3 is 15.3 Å². The maximum absolute atomic E-state index is 12.3. The molecule has 0 radical (unpaired) electrons. The normalized spacial score (nSPS) is 25.3. The summed E-state index contributed by atoms with van der Waals surface area (Å²) >= 11 is 0. The molecule has 2 aliphatic heterocycles. The van der Waals surface area contributed by atoms with Gasteiger partial charge in [0.25, 0.3) is 0 Å². The molecule has 0 aromatic carbocycles. The molecule has 1 amide bonds. The van der Waals surface area contributed by atoms with Crippen molar-refractivity contribution in [1.29, 1.82) is 0 Å². The molecule has 0 aromatic heterocycles. The number of carboxylic acids is 1. The Hall–Kier alpha value is -1.14. The number of likely N-dealkylation sites (tertiary alicyclic amines) is 1. The fourth-order valence-corrected chi connectivity index (χ4v) is 2.92. The summed E-state index contributed by atoms with van der Waals surface area (Å²) in [5, 5.41) is 12.2. The van der Waals surface area contributed by atoms with Crippen LogP contribution in [-0.4, -0.2) is 72.1 Å². The van der Waals surface area contributed by atoms with Crippen LogP contribution in [-0.2, 0) is 9.59 Å². The number of carboxylic acid groups (broad SMARTS) is 1. The molecule has 0 aliphatic carbocycles. The Balaban J connectivity index is 1.85. The summed E-state index contributed by atoms with van der Waals surface area (Å²) in [4.78, 5) is 27.0. The highest BCUT2D eigenvalue weighted by atomic mass is 16.4. The van der Waals surface area contributed by atoms with Crippen molar-refractivity contribution in [2.45, 2.75) is 31.7 Å². The SMILES string of the molecule is O=C(O)CC1CCCN1C(=O)CN1CCCNCC1. The number of rotatable bonds is 4. The molecule has 1 unspecified atom stereocenters. The first-order valence-electron chi connectivity index (χ1n) is 7.11. The molecule has 2 saturated heterocycles. The summed E-state index contributed by atoms with van der Waals surface area (Å²) in [6, 6.07) is -0.102. The largest absolute Gasteiger partial charge is 0.481 e. The second-order valence-corrected chi connectivity index (χ2v) is 5.36. The van der Waals surface area contributed by atoms with E-state index < -0.39 is 5.97 Å². The number of nitrogens with one attached hydrogen (secondary N) is 1. The number of carbonyl (C=O) groups is 2. The minimum atomic E-state index is -0.816. The smallest absolute Gasteiger partial charge is 0.305 e. The average molecular weight is 269 g/mol. The summed E-state index contributed by atoms with van der Waals surface area (Å²) in [7, 11) is 0. The molecular weight excluding hydrogens is 246 g/mol. The van der Waals surface area contributed by atoms with Crippen molar-refractivity contribution < 1.29 is 14.7 Å². The molecule has 19 heavy (non-hydrogen) atoms. The van der Waals surface area contributed by atoms with E-state index in [0.717, 1.165) is 45.4 Å². The zero-order chi connectivity index (χ0) is 13.7. The lowest BCUT2D eigenvalue weighted by molar-refractivity contribution is -0.140. The summed E-state index contributed by atoms with van der Waals surface area (Å²) in [6.07, 6.45) is 2.88. The lowest BCUT2D eigenvalue weighted by atomic mass is 10.1. The molecule has 0 aromatic rings. The van der Waals surface area contributed by atoms with Crippen molar-refractivity contribution in [2.24, 2.45) is 0 Å². The van der Waals surface area contributed by atoms with Gasteiger partial charge in [-0.05, 0) is 32.4 Å². The van der Waals surface area contributed by atoms with E-state index in [1.807, 2.05) is 0 Å². The first-order chi connectivity index (χ1) is 9.16. The van der Waals surface area contributed by atoms with Crippen LogP contribution in [0.1, 0.15) is 25.7 Å². The summed E-state index contributed by atoms with van der Waals surface area (Å²) in [5.41, 5.74) is 0. The fraction of sp³-hybridized carbons (Fsp3) is 0.846. The molecule has 108 valence electrons. The molecular formula is C13H23N3O3. The third-order valence-electron chi connectivity index (χ3n) is 3.90. The Bertz CT molecular complexity index is 327. The number of carbonyl (C=O) groups excluding carboxylic acids is 1. The molecule has 0 saturated carbocycles. The zero-order valence-corrected chi connectivity index (χ0v) is 11.3. The van der Waals surface area contributed by atoms with Crippen molar-refractivity contribution in [3.63, 3.8) is 0 Å². The van der Waals surface area contributed by atoms with Gasteiger partial charge in [0.05, 0.1) is 13.0 Å². The van der Waals surface area contributed by atoms with Crippen LogP contribution in [0.2, 0.25) is 0 Å². The van der Waals surface area contributed by atoms with E-state index in [2.05, 4.69) is 10.2 Å². The molecule has 0 bridgehead atoms. The van der Waals surface area contributed by atoms with Crippen molar-refractivity contribution >= 4 is 11.9 Å². The maximum atomic E-state index is 12.3. The zero-order valence-electron chi connectivity index (χ0n) is 11.3. The third-order valence-corrected chi connectivity index (χ3v) is 3.90. The van der Waals surface area contributed by atoms with Crippen LogP contribution in [0.5, 0.6) is 0 Å². The summed E-state index contributed by atoms with van der Waals surface area (Å²) < 4.78 is 0. The van der Waals surface area contributed by atoms with Gasteiger partial charge in [-0.15, -0.1) is 0 Å². The second-order valence-electron chi connectivity index (χ2n) is 5.36. The van der Waals surface area contributed by atoms with Gasteiger partial charge in [0.15, 0.2) is 0 Å². The highest BCUT2D eigenvalue weighted by molar-refractivity contribution is 5.79. The van der Waals surface area contributed by atoms with Crippen LogP contribution >= 0.6 is 0 Å². The van der Waals surface area contributed by atoms with Gasteiger partial charge >= 0.3 is 5.97 Å².